The van der Waals surface area contributed by atoms with Crippen molar-refractivity contribution in [2.24, 2.45) is 11.3 Å². The summed E-state index contributed by atoms with van der Waals surface area (Å²) in [7, 11) is 0. The fourth-order valence-electron chi connectivity index (χ4n) is 1.58. The molecular formula is C11H19N. The summed E-state index contributed by atoms with van der Waals surface area (Å²) in [5.74, 6) is 6.74. The van der Waals surface area contributed by atoms with Crippen molar-refractivity contribution in [3.63, 3.8) is 0 Å². The first-order chi connectivity index (χ1) is 5.71. The van der Waals surface area contributed by atoms with Crippen molar-refractivity contribution in [2.45, 2.75) is 33.6 Å². The van der Waals surface area contributed by atoms with Gasteiger partial charge >= 0.3 is 0 Å². The van der Waals surface area contributed by atoms with Crippen LogP contribution in [0.25, 0.3) is 0 Å². The molecule has 0 atom stereocenters. The molecule has 1 aliphatic rings. The van der Waals surface area contributed by atoms with Gasteiger partial charge in [0.1, 0.15) is 0 Å². The topological polar surface area (TPSA) is 12.0 Å². The van der Waals surface area contributed by atoms with Crippen LogP contribution in [0.4, 0.5) is 0 Å². The number of hydrogen-bond acceptors (Lipinski definition) is 1. The molecule has 0 radical (unpaired) electrons. The summed E-state index contributed by atoms with van der Waals surface area (Å²) in [6, 6.07) is 0. The van der Waals surface area contributed by atoms with Gasteiger partial charge in [0.05, 0.1) is 6.54 Å². The van der Waals surface area contributed by atoms with Gasteiger partial charge in [0.15, 0.2) is 0 Å². The van der Waals surface area contributed by atoms with Crippen molar-refractivity contribution in [3.8, 4) is 11.8 Å². The Kier molecular flexibility index (Phi) is 3.17. The Morgan fingerprint density at radius 2 is 2.08 bits per heavy atom. The lowest BCUT2D eigenvalue weighted by molar-refractivity contribution is 0.344. The van der Waals surface area contributed by atoms with Gasteiger partial charge in [-0.3, -0.25) is 0 Å². The minimum absolute atomic E-state index is 0.620. The minimum atomic E-state index is 0.620. The van der Waals surface area contributed by atoms with Crippen LogP contribution in [0.2, 0.25) is 0 Å². The smallest absolute Gasteiger partial charge is 0.0576 e. The highest BCUT2D eigenvalue weighted by Crippen LogP contribution is 2.51. The van der Waals surface area contributed by atoms with E-state index in [1.165, 1.54) is 12.8 Å². The van der Waals surface area contributed by atoms with E-state index in [0.29, 0.717) is 5.41 Å². The lowest BCUT2D eigenvalue weighted by Gasteiger charge is -2.19. The van der Waals surface area contributed by atoms with E-state index < -0.39 is 0 Å². The number of rotatable bonds is 4. The van der Waals surface area contributed by atoms with Crippen molar-refractivity contribution >= 4 is 0 Å². The third-order valence-electron chi connectivity index (χ3n) is 2.98. The Bertz CT molecular complexity index is 191. The van der Waals surface area contributed by atoms with E-state index in [-0.39, 0.29) is 0 Å². The van der Waals surface area contributed by atoms with Crippen LogP contribution in [0.3, 0.4) is 0 Å². The first-order valence-electron chi connectivity index (χ1n) is 4.81. The molecule has 12 heavy (non-hydrogen) atoms. The fourth-order valence-corrected chi connectivity index (χ4v) is 1.58. The molecule has 0 bridgehead atoms. The Labute approximate surface area is 75.9 Å². The zero-order valence-corrected chi connectivity index (χ0v) is 8.41. The fraction of sp³-hybridized carbons (Fsp3) is 0.818. The molecule has 1 heteroatoms. The molecule has 0 amide bonds. The first-order valence-corrected chi connectivity index (χ1v) is 4.81. The van der Waals surface area contributed by atoms with E-state index >= 15 is 0 Å². The molecule has 0 aliphatic heterocycles. The molecule has 1 aliphatic carbocycles. The summed E-state index contributed by atoms with van der Waals surface area (Å²) in [5, 5.41) is 3.40. The van der Waals surface area contributed by atoms with Crippen molar-refractivity contribution in [3.05, 3.63) is 0 Å². The molecule has 1 N–H and O–H groups in total. The maximum absolute atomic E-state index is 3.40. The Morgan fingerprint density at radius 1 is 1.42 bits per heavy atom. The molecule has 0 heterocycles. The summed E-state index contributed by atoms with van der Waals surface area (Å²) in [4.78, 5) is 0. The molecule has 0 unspecified atom stereocenters. The predicted octanol–water partition coefficient (Wildman–Crippen LogP) is 2.04. The molecule has 1 fully saturated rings. The summed E-state index contributed by atoms with van der Waals surface area (Å²) in [6.07, 6.45) is 2.80. The molecule has 0 aromatic carbocycles. The average molecular weight is 165 g/mol. The summed E-state index contributed by atoms with van der Waals surface area (Å²) in [6.45, 7) is 8.53. The summed E-state index contributed by atoms with van der Waals surface area (Å²) >= 11 is 0. The van der Waals surface area contributed by atoms with Crippen LogP contribution in [0.1, 0.15) is 33.6 Å². The van der Waals surface area contributed by atoms with Gasteiger partial charge in [-0.05, 0) is 31.1 Å². The maximum Gasteiger partial charge on any atom is 0.0576 e. The summed E-state index contributed by atoms with van der Waals surface area (Å²) in [5.41, 5.74) is 0.620. The second-order valence-corrected chi connectivity index (χ2v) is 4.05. The van der Waals surface area contributed by atoms with E-state index in [4.69, 9.17) is 0 Å². The maximum atomic E-state index is 3.40. The Morgan fingerprint density at radius 3 is 2.50 bits per heavy atom. The normalized spacial score (nSPS) is 18.7. The van der Waals surface area contributed by atoms with Gasteiger partial charge in [0, 0.05) is 6.54 Å². The van der Waals surface area contributed by atoms with Gasteiger partial charge in [-0.15, -0.1) is 5.92 Å². The van der Waals surface area contributed by atoms with E-state index in [0.717, 1.165) is 19.0 Å². The van der Waals surface area contributed by atoms with E-state index in [1.807, 2.05) is 6.92 Å². The second kappa shape index (κ2) is 3.96. The lowest BCUT2D eigenvalue weighted by Crippen LogP contribution is -2.27. The highest BCUT2D eigenvalue weighted by Gasteiger charge is 2.44. The van der Waals surface area contributed by atoms with Crippen LogP contribution in [-0.4, -0.2) is 13.1 Å². The van der Waals surface area contributed by atoms with Crippen molar-refractivity contribution in [1.29, 1.82) is 0 Å². The molecule has 1 nitrogen and oxygen atoms in total. The van der Waals surface area contributed by atoms with E-state index in [2.05, 4.69) is 31.0 Å². The van der Waals surface area contributed by atoms with Crippen LogP contribution < -0.4 is 5.32 Å². The second-order valence-electron chi connectivity index (χ2n) is 4.05. The zero-order chi connectivity index (χ0) is 9.03. The molecule has 0 saturated heterocycles. The van der Waals surface area contributed by atoms with Gasteiger partial charge in [0.25, 0.3) is 0 Å². The molecule has 0 spiro atoms. The Hall–Kier alpha value is -0.480. The van der Waals surface area contributed by atoms with Crippen LogP contribution >= 0.6 is 0 Å². The van der Waals surface area contributed by atoms with Crippen LogP contribution in [0, 0.1) is 23.2 Å². The first kappa shape index (κ1) is 9.61. The van der Waals surface area contributed by atoms with Gasteiger partial charge in [0.2, 0.25) is 0 Å². The SMILES string of the molecule is CC#CCNCC1(C(C)C)CC1. The van der Waals surface area contributed by atoms with Crippen molar-refractivity contribution in [2.75, 3.05) is 13.1 Å². The highest BCUT2D eigenvalue weighted by molar-refractivity contribution is 5.01. The van der Waals surface area contributed by atoms with Crippen LogP contribution in [0.15, 0.2) is 0 Å². The molecular weight excluding hydrogens is 146 g/mol. The average Bonchev–Trinajstić information content (AvgIpc) is 2.79. The van der Waals surface area contributed by atoms with E-state index in [1.54, 1.807) is 0 Å². The molecule has 1 rings (SSSR count). The molecule has 68 valence electrons. The predicted molar refractivity (Wildman–Crippen MR) is 52.8 cm³/mol. The molecule has 0 aromatic rings. The van der Waals surface area contributed by atoms with Crippen LogP contribution in [-0.2, 0) is 0 Å². The third kappa shape index (κ3) is 2.25. The summed E-state index contributed by atoms with van der Waals surface area (Å²) < 4.78 is 0. The van der Waals surface area contributed by atoms with Gasteiger partial charge in [-0.2, -0.15) is 0 Å². The monoisotopic (exact) mass is 165 g/mol. The van der Waals surface area contributed by atoms with E-state index in [9.17, 15) is 0 Å². The van der Waals surface area contributed by atoms with Crippen molar-refractivity contribution in [1.82, 2.24) is 5.32 Å². The lowest BCUT2D eigenvalue weighted by atomic mass is 9.92. The largest absolute Gasteiger partial charge is 0.306 e. The molecule has 1 saturated carbocycles. The van der Waals surface area contributed by atoms with Gasteiger partial charge in [-0.1, -0.05) is 19.8 Å². The van der Waals surface area contributed by atoms with Gasteiger partial charge < -0.3 is 5.32 Å². The third-order valence-corrected chi connectivity index (χ3v) is 2.98. The zero-order valence-electron chi connectivity index (χ0n) is 8.41. The highest BCUT2D eigenvalue weighted by atomic mass is 14.9. The Balaban J connectivity index is 2.17. The number of nitrogens with one attached hydrogen (secondary N) is 1. The number of hydrogen-bond donors (Lipinski definition) is 1. The van der Waals surface area contributed by atoms with Crippen molar-refractivity contribution < 1.29 is 0 Å². The quantitative estimate of drug-likeness (QED) is 0.496. The standard InChI is InChI=1S/C11H19N/c1-4-5-8-12-9-11(6-7-11)10(2)3/h10,12H,6-9H2,1-3H3. The van der Waals surface area contributed by atoms with Gasteiger partial charge in [-0.25, -0.2) is 0 Å². The van der Waals surface area contributed by atoms with Crippen LogP contribution in [0.5, 0.6) is 0 Å². The molecule has 0 aromatic heterocycles. The minimum Gasteiger partial charge on any atom is -0.306 e.